The molecule has 5 heteroatoms. The number of nitrogens with zero attached hydrogens (tertiary/aromatic N) is 4. The SMILES string of the molecule is Cn1ncc2c(N3CCC[C@@H]3[C@H]3CCCC[C@@]3(C)O)ccnc21. The van der Waals surface area contributed by atoms with Gasteiger partial charge in [-0.05, 0) is 38.7 Å². The van der Waals surface area contributed by atoms with Crippen molar-refractivity contribution in [2.45, 2.75) is 57.1 Å². The molecule has 0 amide bonds. The van der Waals surface area contributed by atoms with Crippen molar-refractivity contribution >= 4 is 16.7 Å². The Morgan fingerprint density at radius 1 is 1.26 bits per heavy atom. The number of rotatable bonds is 2. The minimum absolute atomic E-state index is 0.360. The van der Waals surface area contributed by atoms with Crippen LogP contribution in [0.5, 0.6) is 0 Å². The number of hydrogen-bond acceptors (Lipinski definition) is 4. The van der Waals surface area contributed by atoms with Gasteiger partial charge in [-0.25, -0.2) is 4.98 Å². The molecule has 0 bridgehead atoms. The van der Waals surface area contributed by atoms with Crippen molar-refractivity contribution in [2.75, 3.05) is 11.4 Å². The standard InChI is InChI=1S/C18H26N4O/c1-18(23)9-4-3-6-14(18)16-7-5-11-22(16)15-8-10-19-17-13(15)12-20-21(17)2/h8,10,12,14,16,23H,3-7,9,11H2,1-2H3/t14-,16-,18-/m1/s1. The lowest BCUT2D eigenvalue weighted by Gasteiger charge is -2.44. The molecule has 2 aliphatic rings. The van der Waals surface area contributed by atoms with Crippen LogP contribution in [0.15, 0.2) is 18.5 Å². The molecule has 2 aromatic rings. The summed E-state index contributed by atoms with van der Waals surface area (Å²) in [5.74, 6) is 0.360. The summed E-state index contributed by atoms with van der Waals surface area (Å²) in [6, 6.07) is 2.54. The third-order valence-electron chi connectivity index (χ3n) is 5.93. The first-order valence-corrected chi connectivity index (χ1v) is 8.84. The van der Waals surface area contributed by atoms with E-state index in [1.807, 2.05) is 31.0 Å². The third-order valence-corrected chi connectivity index (χ3v) is 5.93. The second-order valence-corrected chi connectivity index (χ2v) is 7.45. The van der Waals surface area contributed by atoms with Gasteiger partial charge >= 0.3 is 0 Å². The highest BCUT2D eigenvalue weighted by Crippen LogP contribution is 2.43. The maximum atomic E-state index is 10.9. The zero-order valence-corrected chi connectivity index (χ0v) is 14.1. The molecule has 0 spiro atoms. The Morgan fingerprint density at radius 3 is 2.96 bits per heavy atom. The lowest BCUT2D eigenvalue weighted by Crippen LogP contribution is -2.49. The summed E-state index contributed by atoms with van der Waals surface area (Å²) in [4.78, 5) is 6.97. The second-order valence-electron chi connectivity index (χ2n) is 7.45. The van der Waals surface area contributed by atoms with Crippen LogP contribution >= 0.6 is 0 Å². The van der Waals surface area contributed by atoms with E-state index < -0.39 is 5.60 Å². The molecule has 1 N–H and O–H groups in total. The number of pyridine rings is 1. The number of hydrogen-bond donors (Lipinski definition) is 1. The van der Waals surface area contributed by atoms with Crippen LogP contribution in [-0.4, -0.2) is 38.1 Å². The van der Waals surface area contributed by atoms with Crippen molar-refractivity contribution in [2.24, 2.45) is 13.0 Å². The normalized spacial score (nSPS) is 31.9. The predicted octanol–water partition coefficient (Wildman–Crippen LogP) is 2.88. The van der Waals surface area contributed by atoms with E-state index in [1.54, 1.807) is 0 Å². The van der Waals surface area contributed by atoms with E-state index in [0.29, 0.717) is 12.0 Å². The van der Waals surface area contributed by atoms with Gasteiger partial charge < -0.3 is 10.0 Å². The molecule has 3 heterocycles. The molecule has 1 aliphatic carbocycles. The summed E-state index contributed by atoms with van der Waals surface area (Å²) in [7, 11) is 1.94. The molecule has 5 nitrogen and oxygen atoms in total. The molecule has 0 aromatic carbocycles. The van der Waals surface area contributed by atoms with Crippen LogP contribution in [0.1, 0.15) is 45.4 Å². The molecule has 0 unspecified atom stereocenters. The number of aromatic nitrogens is 3. The summed E-state index contributed by atoms with van der Waals surface area (Å²) in [6.07, 6.45) is 10.6. The van der Waals surface area contributed by atoms with Crippen molar-refractivity contribution in [3.8, 4) is 0 Å². The summed E-state index contributed by atoms with van der Waals surface area (Å²) in [5.41, 5.74) is 1.63. The average Bonchev–Trinajstić information content (AvgIpc) is 3.14. The van der Waals surface area contributed by atoms with E-state index in [1.165, 1.54) is 24.9 Å². The van der Waals surface area contributed by atoms with Gasteiger partial charge in [0.05, 0.1) is 22.9 Å². The van der Waals surface area contributed by atoms with Crippen molar-refractivity contribution in [3.05, 3.63) is 18.5 Å². The minimum atomic E-state index is -0.535. The van der Waals surface area contributed by atoms with Gasteiger partial charge in [-0.15, -0.1) is 0 Å². The van der Waals surface area contributed by atoms with E-state index in [-0.39, 0.29) is 0 Å². The molecule has 0 radical (unpaired) electrons. The van der Waals surface area contributed by atoms with E-state index in [4.69, 9.17) is 0 Å². The van der Waals surface area contributed by atoms with Gasteiger partial charge in [-0.2, -0.15) is 5.10 Å². The van der Waals surface area contributed by atoms with Crippen LogP contribution in [0, 0.1) is 5.92 Å². The van der Waals surface area contributed by atoms with Crippen molar-refractivity contribution in [1.29, 1.82) is 0 Å². The maximum Gasteiger partial charge on any atom is 0.159 e. The monoisotopic (exact) mass is 314 g/mol. The van der Waals surface area contributed by atoms with Gasteiger partial charge in [0.15, 0.2) is 5.65 Å². The lowest BCUT2D eigenvalue weighted by atomic mass is 9.72. The molecule has 4 rings (SSSR count). The van der Waals surface area contributed by atoms with Gasteiger partial charge in [0.25, 0.3) is 0 Å². The largest absolute Gasteiger partial charge is 0.390 e. The summed E-state index contributed by atoms with van der Waals surface area (Å²) < 4.78 is 1.83. The zero-order chi connectivity index (χ0) is 16.0. The maximum absolute atomic E-state index is 10.9. The summed E-state index contributed by atoms with van der Waals surface area (Å²) in [5, 5.41) is 16.4. The highest BCUT2D eigenvalue weighted by molar-refractivity contribution is 5.89. The molecule has 2 aromatic heterocycles. The molecular formula is C18H26N4O. The Kier molecular flexibility index (Phi) is 3.56. The van der Waals surface area contributed by atoms with E-state index in [2.05, 4.69) is 21.0 Å². The number of aryl methyl sites for hydroxylation is 1. The van der Waals surface area contributed by atoms with Crippen LogP contribution in [0.3, 0.4) is 0 Å². The van der Waals surface area contributed by atoms with Gasteiger partial charge in [0.1, 0.15) is 0 Å². The van der Waals surface area contributed by atoms with Crippen molar-refractivity contribution in [3.63, 3.8) is 0 Å². The molecule has 1 aliphatic heterocycles. The first-order chi connectivity index (χ1) is 11.1. The van der Waals surface area contributed by atoms with Crippen molar-refractivity contribution in [1.82, 2.24) is 14.8 Å². The topological polar surface area (TPSA) is 54.2 Å². The van der Waals surface area contributed by atoms with Gasteiger partial charge in [0, 0.05) is 31.7 Å². The Hall–Kier alpha value is -1.62. The van der Waals surface area contributed by atoms with Crippen molar-refractivity contribution < 1.29 is 5.11 Å². The fourth-order valence-electron chi connectivity index (χ4n) is 4.74. The lowest BCUT2D eigenvalue weighted by molar-refractivity contribution is -0.0410. The number of aliphatic hydroxyl groups is 1. The van der Waals surface area contributed by atoms with Crippen LogP contribution in [0.2, 0.25) is 0 Å². The van der Waals surface area contributed by atoms with Crippen LogP contribution < -0.4 is 4.90 Å². The van der Waals surface area contributed by atoms with E-state index >= 15 is 0 Å². The highest BCUT2D eigenvalue weighted by atomic mass is 16.3. The molecular weight excluding hydrogens is 288 g/mol. The quantitative estimate of drug-likeness (QED) is 0.926. The van der Waals surface area contributed by atoms with Gasteiger partial charge in [-0.1, -0.05) is 12.8 Å². The molecule has 3 atom stereocenters. The van der Waals surface area contributed by atoms with Crippen LogP contribution in [-0.2, 0) is 7.05 Å². The smallest absolute Gasteiger partial charge is 0.159 e. The second kappa shape index (κ2) is 5.48. The summed E-state index contributed by atoms with van der Waals surface area (Å²) in [6.45, 7) is 3.10. The van der Waals surface area contributed by atoms with Crippen LogP contribution in [0.4, 0.5) is 5.69 Å². The Bertz CT molecular complexity index is 708. The number of anilines is 1. The molecule has 23 heavy (non-hydrogen) atoms. The highest BCUT2D eigenvalue weighted by Gasteiger charge is 2.43. The predicted molar refractivity (Wildman–Crippen MR) is 91.5 cm³/mol. The molecule has 1 saturated heterocycles. The van der Waals surface area contributed by atoms with E-state index in [0.717, 1.165) is 36.8 Å². The molecule has 1 saturated carbocycles. The van der Waals surface area contributed by atoms with Gasteiger partial charge in [0.2, 0.25) is 0 Å². The Morgan fingerprint density at radius 2 is 2.13 bits per heavy atom. The first-order valence-electron chi connectivity index (χ1n) is 8.84. The van der Waals surface area contributed by atoms with E-state index in [9.17, 15) is 5.11 Å². The Balaban J connectivity index is 1.72. The number of fused-ring (bicyclic) bond motifs is 1. The first kappa shape index (κ1) is 14.9. The average molecular weight is 314 g/mol. The Labute approximate surface area is 137 Å². The molecule has 2 fully saturated rings. The molecule has 124 valence electrons. The third kappa shape index (κ3) is 2.42. The summed E-state index contributed by atoms with van der Waals surface area (Å²) >= 11 is 0. The minimum Gasteiger partial charge on any atom is -0.390 e. The zero-order valence-electron chi connectivity index (χ0n) is 14.1. The van der Waals surface area contributed by atoms with Gasteiger partial charge in [-0.3, -0.25) is 4.68 Å². The fourth-order valence-corrected chi connectivity index (χ4v) is 4.74. The van der Waals surface area contributed by atoms with Crippen LogP contribution in [0.25, 0.3) is 11.0 Å². The fraction of sp³-hybridized carbons (Fsp3) is 0.667.